The van der Waals surface area contributed by atoms with Crippen LogP contribution in [0, 0.1) is 0 Å². The number of allylic oxidation sites excluding steroid dienone is 1. The Bertz CT molecular complexity index is 1100. The van der Waals surface area contributed by atoms with Crippen LogP contribution in [0.15, 0.2) is 78.4 Å². The summed E-state index contributed by atoms with van der Waals surface area (Å²) in [6.45, 7) is 0.576. The van der Waals surface area contributed by atoms with Crippen LogP contribution in [-0.4, -0.2) is 35.2 Å². The van der Waals surface area contributed by atoms with Crippen molar-refractivity contribution in [3.63, 3.8) is 0 Å². The van der Waals surface area contributed by atoms with Crippen LogP contribution >= 0.6 is 0 Å². The summed E-state index contributed by atoms with van der Waals surface area (Å²) in [4.78, 5) is 23.6. The highest BCUT2D eigenvalue weighted by molar-refractivity contribution is 5.94. The van der Waals surface area contributed by atoms with Crippen molar-refractivity contribution in [2.24, 2.45) is 0 Å². The topological polar surface area (TPSA) is 95.9 Å². The standard InChI is InChI=1S/C27H29NO5/c29-23-15-13-20(14-16-23)17-18-28-27(32)22(8-2-1-3-12-26(30)31)19-33-25-11-6-9-21-7-4-5-10-24(21)25/h4-11,13-16,29H,1-3,12,17-19H2,(H,28,32)(H,30,31)/b22-8+. The number of aromatic hydroxyl groups is 1. The molecule has 3 aromatic carbocycles. The molecule has 0 bridgehead atoms. The Morgan fingerprint density at radius 1 is 0.939 bits per heavy atom. The summed E-state index contributed by atoms with van der Waals surface area (Å²) in [5.41, 5.74) is 1.53. The van der Waals surface area contributed by atoms with E-state index in [1.54, 1.807) is 12.1 Å². The maximum absolute atomic E-state index is 12.9. The molecule has 3 N–H and O–H groups in total. The van der Waals surface area contributed by atoms with Crippen molar-refractivity contribution in [2.45, 2.75) is 32.1 Å². The summed E-state index contributed by atoms with van der Waals surface area (Å²) in [5.74, 6) is -0.0963. The molecular formula is C27H29NO5. The van der Waals surface area contributed by atoms with Gasteiger partial charge < -0.3 is 20.3 Å². The summed E-state index contributed by atoms with van der Waals surface area (Å²) in [6, 6.07) is 20.6. The number of phenols is 1. The second-order valence-electron chi connectivity index (χ2n) is 7.81. The molecule has 0 saturated heterocycles. The number of hydrogen-bond acceptors (Lipinski definition) is 4. The number of nitrogens with one attached hydrogen (secondary N) is 1. The Hall–Kier alpha value is -3.80. The minimum absolute atomic E-state index is 0.120. The molecule has 0 fully saturated rings. The van der Waals surface area contributed by atoms with E-state index in [-0.39, 0.29) is 24.7 Å². The van der Waals surface area contributed by atoms with Crippen LogP contribution in [0.1, 0.15) is 31.2 Å². The molecule has 6 nitrogen and oxygen atoms in total. The minimum Gasteiger partial charge on any atom is -0.508 e. The van der Waals surface area contributed by atoms with Crippen LogP contribution in [0.5, 0.6) is 11.5 Å². The number of rotatable bonds is 12. The smallest absolute Gasteiger partial charge is 0.303 e. The van der Waals surface area contributed by atoms with E-state index < -0.39 is 5.97 Å². The molecule has 0 radical (unpaired) electrons. The van der Waals surface area contributed by atoms with E-state index in [9.17, 15) is 14.7 Å². The predicted molar refractivity (Wildman–Crippen MR) is 128 cm³/mol. The summed E-state index contributed by atoms with van der Waals surface area (Å²) in [7, 11) is 0. The third-order valence-corrected chi connectivity index (χ3v) is 5.30. The Kier molecular flexibility index (Phi) is 8.88. The van der Waals surface area contributed by atoms with Crippen LogP contribution in [0.2, 0.25) is 0 Å². The number of hydrogen-bond donors (Lipinski definition) is 3. The molecule has 3 rings (SSSR count). The summed E-state index contributed by atoms with van der Waals surface area (Å²) < 4.78 is 6.02. The van der Waals surface area contributed by atoms with Crippen LogP contribution < -0.4 is 10.1 Å². The summed E-state index contributed by atoms with van der Waals surface area (Å²) in [6.07, 6.45) is 4.45. The number of unbranched alkanes of at least 4 members (excludes halogenated alkanes) is 2. The molecule has 0 unspecified atom stereocenters. The lowest BCUT2D eigenvalue weighted by molar-refractivity contribution is -0.137. The summed E-state index contributed by atoms with van der Waals surface area (Å²) in [5, 5.41) is 23.2. The van der Waals surface area contributed by atoms with Gasteiger partial charge in [0, 0.05) is 18.4 Å². The molecule has 0 aliphatic carbocycles. The Morgan fingerprint density at radius 3 is 2.48 bits per heavy atom. The zero-order valence-corrected chi connectivity index (χ0v) is 18.5. The fourth-order valence-corrected chi connectivity index (χ4v) is 3.49. The quantitative estimate of drug-likeness (QED) is 0.272. The fraction of sp³-hybridized carbons (Fsp3) is 0.259. The maximum Gasteiger partial charge on any atom is 0.303 e. The van der Waals surface area contributed by atoms with Crippen LogP contribution in [-0.2, 0) is 16.0 Å². The third-order valence-electron chi connectivity index (χ3n) is 5.30. The second kappa shape index (κ2) is 12.3. The zero-order valence-electron chi connectivity index (χ0n) is 18.5. The first kappa shape index (κ1) is 23.9. The van der Waals surface area contributed by atoms with Gasteiger partial charge in [-0.2, -0.15) is 0 Å². The number of fused-ring (bicyclic) bond motifs is 1. The number of carboxylic acids is 1. The molecule has 0 aromatic heterocycles. The van der Waals surface area contributed by atoms with Gasteiger partial charge in [-0.1, -0.05) is 54.6 Å². The zero-order chi connectivity index (χ0) is 23.5. The number of phenolic OH excluding ortho intramolecular Hbond substituents is 1. The van der Waals surface area contributed by atoms with Gasteiger partial charge in [0.25, 0.3) is 0 Å². The van der Waals surface area contributed by atoms with E-state index in [4.69, 9.17) is 9.84 Å². The molecule has 0 aliphatic heterocycles. The van der Waals surface area contributed by atoms with E-state index in [1.165, 1.54) is 0 Å². The van der Waals surface area contributed by atoms with Gasteiger partial charge >= 0.3 is 5.97 Å². The highest BCUT2D eigenvalue weighted by atomic mass is 16.5. The maximum atomic E-state index is 12.9. The molecule has 0 spiro atoms. The molecular weight excluding hydrogens is 418 g/mol. The first-order valence-electron chi connectivity index (χ1n) is 11.1. The molecule has 33 heavy (non-hydrogen) atoms. The van der Waals surface area contributed by atoms with E-state index in [0.717, 1.165) is 16.3 Å². The lowest BCUT2D eigenvalue weighted by atomic mass is 10.1. The number of carbonyl (C=O) groups excluding carboxylic acids is 1. The monoisotopic (exact) mass is 447 g/mol. The van der Waals surface area contributed by atoms with E-state index in [0.29, 0.717) is 43.6 Å². The number of carboxylic acid groups (broad SMARTS) is 1. The van der Waals surface area contributed by atoms with E-state index >= 15 is 0 Å². The van der Waals surface area contributed by atoms with Gasteiger partial charge in [0.1, 0.15) is 18.1 Å². The van der Waals surface area contributed by atoms with Crippen LogP contribution in [0.4, 0.5) is 0 Å². The normalized spacial score (nSPS) is 11.3. The second-order valence-corrected chi connectivity index (χ2v) is 7.81. The van der Waals surface area contributed by atoms with Gasteiger partial charge in [-0.05, 0) is 54.8 Å². The molecule has 0 atom stereocenters. The number of aliphatic carboxylic acids is 1. The highest BCUT2D eigenvalue weighted by Gasteiger charge is 2.11. The molecule has 0 heterocycles. The number of amides is 1. The van der Waals surface area contributed by atoms with Crippen molar-refractivity contribution in [1.82, 2.24) is 5.32 Å². The largest absolute Gasteiger partial charge is 0.508 e. The number of carbonyl (C=O) groups is 2. The fourth-order valence-electron chi connectivity index (χ4n) is 3.49. The van der Waals surface area contributed by atoms with E-state index in [2.05, 4.69) is 5.32 Å². The third kappa shape index (κ3) is 7.68. The van der Waals surface area contributed by atoms with Crippen molar-refractivity contribution < 1.29 is 24.5 Å². The van der Waals surface area contributed by atoms with Gasteiger partial charge in [-0.15, -0.1) is 0 Å². The Morgan fingerprint density at radius 2 is 1.70 bits per heavy atom. The number of benzene rings is 3. The van der Waals surface area contributed by atoms with Gasteiger partial charge in [0.2, 0.25) is 5.91 Å². The first-order chi connectivity index (χ1) is 16.0. The van der Waals surface area contributed by atoms with Crippen LogP contribution in [0.25, 0.3) is 10.8 Å². The Balaban J connectivity index is 1.62. The van der Waals surface area contributed by atoms with Crippen molar-refractivity contribution in [1.29, 1.82) is 0 Å². The number of ether oxygens (including phenoxy) is 1. The van der Waals surface area contributed by atoms with Crippen molar-refractivity contribution in [3.05, 3.63) is 83.9 Å². The Labute approximate surface area is 193 Å². The molecule has 3 aromatic rings. The summed E-state index contributed by atoms with van der Waals surface area (Å²) >= 11 is 0. The lowest BCUT2D eigenvalue weighted by Gasteiger charge is -2.13. The first-order valence-corrected chi connectivity index (χ1v) is 11.1. The van der Waals surface area contributed by atoms with Gasteiger partial charge in [0.15, 0.2) is 0 Å². The van der Waals surface area contributed by atoms with Crippen molar-refractivity contribution in [2.75, 3.05) is 13.2 Å². The van der Waals surface area contributed by atoms with Crippen molar-refractivity contribution >= 4 is 22.6 Å². The minimum atomic E-state index is -0.814. The van der Waals surface area contributed by atoms with Crippen molar-refractivity contribution in [3.8, 4) is 11.5 Å². The van der Waals surface area contributed by atoms with E-state index in [1.807, 2.05) is 60.7 Å². The molecule has 172 valence electrons. The SMILES string of the molecule is O=C(O)CCCC/C=C(\COc1cccc2ccccc12)C(=O)NCCc1ccc(O)cc1. The predicted octanol–water partition coefficient (Wildman–Crippen LogP) is 4.85. The highest BCUT2D eigenvalue weighted by Crippen LogP contribution is 2.25. The van der Waals surface area contributed by atoms with Gasteiger partial charge in [-0.3, -0.25) is 9.59 Å². The van der Waals surface area contributed by atoms with Crippen LogP contribution in [0.3, 0.4) is 0 Å². The molecule has 0 saturated carbocycles. The molecule has 0 aliphatic rings. The molecule has 1 amide bonds. The average Bonchev–Trinajstić information content (AvgIpc) is 2.81. The molecule has 6 heteroatoms. The van der Waals surface area contributed by atoms with Gasteiger partial charge in [0.05, 0.1) is 5.57 Å². The van der Waals surface area contributed by atoms with Gasteiger partial charge in [-0.25, -0.2) is 0 Å². The lowest BCUT2D eigenvalue weighted by Crippen LogP contribution is -2.29. The average molecular weight is 448 g/mol.